The zero-order valence-corrected chi connectivity index (χ0v) is 13.2. The molecule has 1 unspecified atom stereocenters. The van der Waals surface area contributed by atoms with Crippen molar-refractivity contribution in [1.82, 2.24) is 4.98 Å². The molecule has 1 atom stereocenters. The summed E-state index contributed by atoms with van der Waals surface area (Å²) in [6, 6.07) is 12.1. The Morgan fingerprint density at radius 2 is 2.12 bits per heavy atom. The molecule has 0 radical (unpaired) electrons. The van der Waals surface area contributed by atoms with E-state index in [0.717, 1.165) is 11.3 Å². The average Bonchev–Trinajstić information content (AvgIpc) is 3.15. The van der Waals surface area contributed by atoms with E-state index in [4.69, 9.17) is 9.15 Å². The third kappa shape index (κ3) is 3.10. The lowest BCUT2D eigenvalue weighted by Crippen LogP contribution is -2.32. The highest BCUT2D eigenvalue weighted by Gasteiger charge is 2.26. The quantitative estimate of drug-likeness (QED) is 0.791. The number of fused-ring (bicyclic) bond motifs is 1. The molecule has 1 aliphatic rings. The summed E-state index contributed by atoms with van der Waals surface area (Å²) in [6.45, 7) is 0.307. The van der Waals surface area contributed by atoms with Crippen LogP contribution in [-0.2, 0) is 11.2 Å². The Bertz CT molecular complexity index is 909. The predicted octanol–water partition coefficient (Wildman–Crippen LogP) is 3.67. The molecule has 0 aliphatic carbocycles. The summed E-state index contributed by atoms with van der Waals surface area (Å²) in [5.74, 6) is 0.162. The lowest BCUT2D eigenvalue weighted by molar-refractivity contribution is -0.121. The van der Waals surface area contributed by atoms with Crippen molar-refractivity contribution in [3.63, 3.8) is 0 Å². The van der Waals surface area contributed by atoms with Gasteiger partial charge < -0.3 is 14.5 Å². The van der Waals surface area contributed by atoms with Gasteiger partial charge in [0.1, 0.15) is 18.2 Å². The van der Waals surface area contributed by atoms with E-state index in [1.54, 1.807) is 12.1 Å². The summed E-state index contributed by atoms with van der Waals surface area (Å²) in [6.07, 6.45) is 3.28. The third-order valence-electron chi connectivity index (χ3n) is 4.18. The SMILES string of the molecule is O=C(Nc1ccc(-c2cnco2)c(F)c1)C1COc2ccccc2C1. The second-order valence-corrected chi connectivity index (χ2v) is 5.87. The van der Waals surface area contributed by atoms with E-state index in [1.165, 1.54) is 18.7 Å². The average molecular weight is 338 g/mol. The molecule has 0 spiro atoms. The fraction of sp³-hybridized carbons (Fsp3) is 0.158. The highest BCUT2D eigenvalue weighted by molar-refractivity contribution is 5.93. The van der Waals surface area contributed by atoms with Gasteiger partial charge in [0.2, 0.25) is 5.91 Å². The summed E-state index contributed by atoms with van der Waals surface area (Å²) in [5, 5.41) is 2.75. The minimum absolute atomic E-state index is 0.193. The van der Waals surface area contributed by atoms with Crippen molar-refractivity contribution >= 4 is 11.6 Å². The molecular formula is C19H15FN2O3. The van der Waals surface area contributed by atoms with Gasteiger partial charge >= 0.3 is 0 Å². The molecule has 1 N–H and O–H groups in total. The summed E-state index contributed by atoms with van der Waals surface area (Å²) in [5.41, 5.74) is 1.69. The normalized spacial score (nSPS) is 16.0. The van der Waals surface area contributed by atoms with Gasteiger partial charge in [-0.2, -0.15) is 0 Å². The molecule has 4 rings (SSSR count). The fourth-order valence-corrected chi connectivity index (χ4v) is 2.88. The summed E-state index contributed by atoms with van der Waals surface area (Å²) >= 11 is 0. The Kier molecular flexibility index (Phi) is 3.93. The molecule has 0 saturated heterocycles. The summed E-state index contributed by atoms with van der Waals surface area (Å²) in [7, 11) is 0. The lowest BCUT2D eigenvalue weighted by Gasteiger charge is -2.24. The van der Waals surface area contributed by atoms with Crippen LogP contribution in [-0.4, -0.2) is 17.5 Å². The third-order valence-corrected chi connectivity index (χ3v) is 4.18. The molecular weight excluding hydrogens is 323 g/mol. The molecule has 25 heavy (non-hydrogen) atoms. The van der Waals surface area contributed by atoms with Crippen LogP contribution >= 0.6 is 0 Å². The Labute approximate surface area is 143 Å². The molecule has 0 fully saturated rings. The Morgan fingerprint density at radius 3 is 2.92 bits per heavy atom. The molecule has 1 aromatic heterocycles. The van der Waals surface area contributed by atoms with Gasteiger partial charge in [-0.25, -0.2) is 9.37 Å². The van der Waals surface area contributed by atoms with Crippen LogP contribution in [0.1, 0.15) is 5.56 Å². The van der Waals surface area contributed by atoms with E-state index < -0.39 is 5.82 Å². The number of ether oxygens (including phenoxy) is 1. The lowest BCUT2D eigenvalue weighted by atomic mass is 9.96. The molecule has 2 aromatic carbocycles. The molecule has 3 aromatic rings. The number of nitrogens with zero attached hydrogens (tertiary/aromatic N) is 1. The van der Waals surface area contributed by atoms with Crippen LogP contribution in [0.25, 0.3) is 11.3 Å². The maximum atomic E-state index is 14.2. The predicted molar refractivity (Wildman–Crippen MR) is 89.7 cm³/mol. The van der Waals surface area contributed by atoms with E-state index >= 15 is 0 Å². The Hall–Kier alpha value is -3.15. The second-order valence-electron chi connectivity index (χ2n) is 5.87. The molecule has 2 heterocycles. The number of anilines is 1. The van der Waals surface area contributed by atoms with Crippen LogP contribution in [0, 0.1) is 11.7 Å². The molecule has 6 heteroatoms. The van der Waals surface area contributed by atoms with Crippen molar-refractivity contribution in [2.75, 3.05) is 11.9 Å². The number of carbonyl (C=O) groups excluding carboxylic acids is 1. The Balaban J connectivity index is 1.47. The molecule has 5 nitrogen and oxygen atoms in total. The van der Waals surface area contributed by atoms with Crippen LogP contribution in [0.2, 0.25) is 0 Å². The zero-order valence-electron chi connectivity index (χ0n) is 13.2. The van der Waals surface area contributed by atoms with Gasteiger partial charge in [-0.05, 0) is 36.2 Å². The van der Waals surface area contributed by atoms with Crippen LogP contribution in [0.3, 0.4) is 0 Å². The van der Waals surface area contributed by atoms with E-state index in [-0.39, 0.29) is 11.8 Å². The molecule has 126 valence electrons. The first-order valence-electron chi connectivity index (χ1n) is 7.90. The highest BCUT2D eigenvalue weighted by atomic mass is 19.1. The number of hydrogen-bond acceptors (Lipinski definition) is 4. The van der Waals surface area contributed by atoms with Crippen molar-refractivity contribution < 1.29 is 18.3 Å². The van der Waals surface area contributed by atoms with Crippen molar-refractivity contribution in [2.45, 2.75) is 6.42 Å². The number of benzene rings is 2. The first-order chi connectivity index (χ1) is 12.2. The van der Waals surface area contributed by atoms with Gasteiger partial charge in [-0.1, -0.05) is 18.2 Å². The monoisotopic (exact) mass is 338 g/mol. The number of aromatic nitrogens is 1. The number of nitrogens with one attached hydrogen (secondary N) is 1. The number of halogens is 1. The number of oxazole rings is 1. The van der Waals surface area contributed by atoms with Gasteiger partial charge in [0.15, 0.2) is 12.2 Å². The summed E-state index contributed by atoms with van der Waals surface area (Å²) in [4.78, 5) is 16.2. The molecule has 1 amide bonds. The number of carbonyl (C=O) groups is 1. The first kappa shape index (κ1) is 15.4. The van der Waals surface area contributed by atoms with Gasteiger partial charge in [-0.3, -0.25) is 4.79 Å². The maximum absolute atomic E-state index is 14.2. The smallest absolute Gasteiger partial charge is 0.231 e. The van der Waals surface area contributed by atoms with E-state index in [1.807, 2.05) is 24.3 Å². The van der Waals surface area contributed by atoms with E-state index in [0.29, 0.717) is 30.0 Å². The first-order valence-corrected chi connectivity index (χ1v) is 7.90. The second kappa shape index (κ2) is 6.39. The Morgan fingerprint density at radius 1 is 1.24 bits per heavy atom. The van der Waals surface area contributed by atoms with Crippen LogP contribution in [0.4, 0.5) is 10.1 Å². The minimum Gasteiger partial charge on any atom is -0.492 e. The van der Waals surface area contributed by atoms with Crippen molar-refractivity contribution in [3.05, 3.63) is 66.4 Å². The fourth-order valence-electron chi connectivity index (χ4n) is 2.88. The maximum Gasteiger partial charge on any atom is 0.231 e. The number of amides is 1. The van der Waals surface area contributed by atoms with Crippen LogP contribution in [0.15, 0.2) is 59.5 Å². The van der Waals surface area contributed by atoms with Gasteiger partial charge in [0.25, 0.3) is 0 Å². The summed E-state index contributed by atoms with van der Waals surface area (Å²) < 4.78 is 25.0. The standard InChI is InChI=1S/C19H15FN2O3/c20-16-8-14(5-6-15(16)18-9-21-11-25-18)22-19(23)13-7-12-3-1-2-4-17(12)24-10-13/h1-6,8-9,11,13H,7,10H2,(H,22,23). The number of hydrogen-bond donors (Lipinski definition) is 1. The number of rotatable bonds is 3. The zero-order chi connectivity index (χ0) is 17.2. The van der Waals surface area contributed by atoms with E-state index in [2.05, 4.69) is 10.3 Å². The van der Waals surface area contributed by atoms with Crippen molar-refractivity contribution in [3.8, 4) is 17.1 Å². The van der Waals surface area contributed by atoms with Gasteiger partial charge in [0, 0.05) is 5.69 Å². The van der Waals surface area contributed by atoms with Gasteiger partial charge in [0.05, 0.1) is 17.7 Å². The molecule has 0 saturated carbocycles. The van der Waals surface area contributed by atoms with Crippen molar-refractivity contribution in [1.29, 1.82) is 0 Å². The van der Waals surface area contributed by atoms with Crippen LogP contribution in [0.5, 0.6) is 5.75 Å². The van der Waals surface area contributed by atoms with Crippen LogP contribution < -0.4 is 10.1 Å². The van der Waals surface area contributed by atoms with Crippen molar-refractivity contribution in [2.24, 2.45) is 5.92 Å². The highest BCUT2D eigenvalue weighted by Crippen LogP contribution is 2.28. The molecule has 0 bridgehead atoms. The molecule has 1 aliphatic heterocycles. The number of para-hydroxylation sites is 1. The van der Waals surface area contributed by atoms with E-state index in [9.17, 15) is 9.18 Å². The topological polar surface area (TPSA) is 64.4 Å². The largest absolute Gasteiger partial charge is 0.492 e. The minimum atomic E-state index is -0.486. The van der Waals surface area contributed by atoms with Gasteiger partial charge in [-0.15, -0.1) is 0 Å².